The molecule has 0 bridgehead atoms. The third kappa shape index (κ3) is 8.07. The molecule has 6 heteroatoms. The number of aliphatic hydroxyl groups excluding tert-OH is 2. The zero-order valence-corrected chi connectivity index (χ0v) is 18.3. The van der Waals surface area contributed by atoms with E-state index < -0.39 is 11.5 Å². The maximum Gasteiger partial charge on any atom is 0.338 e. The molecule has 1 heterocycles. The molecule has 2 N–H and O–H groups in total. The molecule has 2 rings (SSSR count). The van der Waals surface area contributed by atoms with Gasteiger partial charge in [0.25, 0.3) is 0 Å². The van der Waals surface area contributed by atoms with Gasteiger partial charge >= 0.3 is 5.97 Å². The average Bonchev–Trinajstić information content (AvgIpc) is 3.20. The lowest BCUT2D eigenvalue weighted by Crippen LogP contribution is -2.39. The Kier molecular flexibility index (Phi) is 10.9. The lowest BCUT2D eigenvalue weighted by Gasteiger charge is -2.20. The summed E-state index contributed by atoms with van der Waals surface area (Å²) in [6.07, 6.45) is 12.1. The van der Waals surface area contributed by atoms with Crippen LogP contribution in [0, 0.1) is 0 Å². The van der Waals surface area contributed by atoms with Crippen molar-refractivity contribution in [3.8, 4) is 0 Å². The first-order valence-corrected chi connectivity index (χ1v) is 11.3. The number of rotatable bonds is 15. The lowest BCUT2D eigenvalue weighted by atomic mass is 10.1. The third-order valence-corrected chi connectivity index (χ3v) is 5.50. The first kappa shape index (κ1) is 24.4. The van der Waals surface area contributed by atoms with Gasteiger partial charge in [-0.05, 0) is 24.1 Å². The van der Waals surface area contributed by atoms with Crippen molar-refractivity contribution in [3.05, 3.63) is 35.4 Å². The van der Waals surface area contributed by atoms with E-state index >= 15 is 0 Å². The molecule has 0 fully saturated rings. The molecule has 1 aliphatic heterocycles. The summed E-state index contributed by atoms with van der Waals surface area (Å²) in [6.45, 7) is 2.14. The van der Waals surface area contributed by atoms with E-state index in [1.165, 1.54) is 44.9 Å². The second kappa shape index (κ2) is 13.4. The molecule has 0 saturated heterocycles. The molecular formula is C24H37NO5. The van der Waals surface area contributed by atoms with Crippen LogP contribution < -0.4 is 0 Å². The molecule has 1 aromatic carbocycles. The number of carbonyl (C=O) groups excluding carboxylic acids is 1. The lowest BCUT2D eigenvalue weighted by molar-refractivity contribution is 0.0292. The molecule has 30 heavy (non-hydrogen) atoms. The summed E-state index contributed by atoms with van der Waals surface area (Å²) in [5, 5.41) is 18.9. The minimum absolute atomic E-state index is 0.0225. The van der Waals surface area contributed by atoms with Gasteiger partial charge in [-0.3, -0.25) is 0 Å². The third-order valence-electron chi connectivity index (χ3n) is 5.50. The molecule has 0 spiro atoms. The second-order valence-corrected chi connectivity index (χ2v) is 8.19. The predicted molar refractivity (Wildman–Crippen MR) is 118 cm³/mol. The largest absolute Gasteiger partial charge is 0.478 e. The molecule has 1 atom stereocenters. The Morgan fingerprint density at radius 1 is 1.03 bits per heavy atom. The number of aliphatic hydroxyl groups is 2. The second-order valence-electron chi connectivity index (χ2n) is 8.19. The van der Waals surface area contributed by atoms with Gasteiger partial charge in [-0.15, -0.1) is 0 Å². The fraction of sp³-hybridized carbons (Fsp3) is 0.667. The number of esters is 1. The van der Waals surface area contributed by atoms with Crippen LogP contribution in [0.5, 0.6) is 0 Å². The summed E-state index contributed by atoms with van der Waals surface area (Å²) in [5.74, 6) is 0.172. The van der Waals surface area contributed by atoms with Crippen LogP contribution in [0.3, 0.4) is 0 Å². The van der Waals surface area contributed by atoms with Gasteiger partial charge in [-0.1, -0.05) is 70.4 Å². The number of unbranched alkanes of at least 4 members (excludes halogenated alkanes) is 8. The van der Waals surface area contributed by atoms with Gasteiger partial charge in [0.2, 0.25) is 0 Å². The Labute approximate surface area is 180 Å². The van der Waals surface area contributed by atoms with Gasteiger partial charge in [-0.2, -0.15) is 0 Å². The number of hydrogen-bond acceptors (Lipinski definition) is 6. The van der Waals surface area contributed by atoms with E-state index in [4.69, 9.17) is 14.6 Å². The highest BCUT2D eigenvalue weighted by atomic mass is 16.5. The molecule has 0 radical (unpaired) electrons. The molecule has 1 unspecified atom stereocenters. The van der Waals surface area contributed by atoms with Crippen LogP contribution >= 0.6 is 0 Å². The highest BCUT2D eigenvalue weighted by Gasteiger charge is 2.37. The van der Waals surface area contributed by atoms with E-state index in [0.29, 0.717) is 11.5 Å². The van der Waals surface area contributed by atoms with Crippen LogP contribution in [0.4, 0.5) is 0 Å². The highest BCUT2D eigenvalue weighted by Crippen LogP contribution is 2.22. The predicted octanol–water partition coefficient (Wildman–Crippen LogP) is 4.42. The van der Waals surface area contributed by atoms with Crippen molar-refractivity contribution < 1.29 is 24.5 Å². The molecule has 1 aromatic rings. The van der Waals surface area contributed by atoms with Crippen molar-refractivity contribution in [2.45, 2.75) is 83.3 Å². The van der Waals surface area contributed by atoms with Crippen molar-refractivity contribution in [2.75, 3.05) is 19.8 Å². The summed E-state index contributed by atoms with van der Waals surface area (Å²) in [5.41, 5.74) is 0.224. The fourth-order valence-corrected chi connectivity index (χ4v) is 3.49. The van der Waals surface area contributed by atoms with Crippen molar-refractivity contribution in [2.24, 2.45) is 4.99 Å². The number of nitrogens with zero attached hydrogens (tertiary/aromatic N) is 1. The van der Waals surface area contributed by atoms with Gasteiger partial charge in [0.1, 0.15) is 13.2 Å². The number of aliphatic imine (C=N–C) groups is 1. The summed E-state index contributed by atoms with van der Waals surface area (Å²) in [6, 6.07) is 6.59. The van der Waals surface area contributed by atoms with Crippen molar-refractivity contribution >= 4 is 11.9 Å². The van der Waals surface area contributed by atoms with Crippen molar-refractivity contribution in [1.29, 1.82) is 0 Å². The Balaban J connectivity index is 1.69. The van der Waals surface area contributed by atoms with E-state index in [-0.39, 0.29) is 26.4 Å². The number of ether oxygens (including phenoxy) is 2. The minimum Gasteiger partial charge on any atom is -0.478 e. The van der Waals surface area contributed by atoms with Gasteiger partial charge < -0.3 is 19.7 Å². The van der Waals surface area contributed by atoms with Gasteiger partial charge in [0.15, 0.2) is 11.4 Å². The van der Waals surface area contributed by atoms with Crippen molar-refractivity contribution in [1.82, 2.24) is 0 Å². The van der Waals surface area contributed by atoms with Gasteiger partial charge in [-0.25, -0.2) is 9.79 Å². The van der Waals surface area contributed by atoms with Crippen LogP contribution in [-0.2, 0) is 16.1 Å². The van der Waals surface area contributed by atoms with Gasteiger partial charge in [0, 0.05) is 6.42 Å². The quantitative estimate of drug-likeness (QED) is 0.325. The van der Waals surface area contributed by atoms with E-state index in [0.717, 1.165) is 24.8 Å². The van der Waals surface area contributed by atoms with Gasteiger partial charge in [0.05, 0.1) is 18.8 Å². The maximum absolute atomic E-state index is 12.2. The monoisotopic (exact) mass is 419 g/mol. The number of carbonyl (C=O) groups is 1. The Morgan fingerprint density at radius 3 is 2.27 bits per heavy atom. The van der Waals surface area contributed by atoms with Crippen LogP contribution in [0.2, 0.25) is 0 Å². The first-order chi connectivity index (χ1) is 14.6. The number of benzene rings is 1. The molecular weight excluding hydrogens is 382 g/mol. The Morgan fingerprint density at radius 2 is 1.67 bits per heavy atom. The number of hydrogen-bond donors (Lipinski definition) is 2. The minimum atomic E-state index is -0.907. The first-order valence-electron chi connectivity index (χ1n) is 11.3. The standard InChI is InChI=1S/C24H37NO5/c1-2-3-4-5-6-7-8-9-10-11-22-25-24(17-27,18-29-22)19-30-23(28)21-14-12-20(16-26)13-15-21/h12-15,26-27H,2-11,16-19H2,1H3. The molecule has 168 valence electrons. The average molecular weight is 420 g/mol. The topological polar surface area (TPSA) is 88.4 Å². The van der Waals surface area contributed by atoms with Crippen molar-refractivity contribution in [3.63, 3.8) is 0 Å². The summed E-state index contributed by atoms with van der Waals surface area (Å²) in [4.78, 5) is 16.8. The van der Waals surface area contributed by atoms with E-state index in [1.54, 1.807) is 24.3 Å². The van der Waals surface area contributed by atoms with Crippen LogP contribution in [0.1, 0.15) is 87.1 Å². The SMILES string of the molecule is CCCCCCCCCCCC1=NC(CO)(COC(=O)c2ccc(CO)cc2)CO1. The normalized spacial score (nSPS) is 18.2. The van der Waals surface area contributed by atoms with Crippen LogP contribution in [-0.4, -0.2) is 47.4 Å². The molecule has 0 saturated carbocycles. The van der Waals surface area contributed by atoms with E-state index in [9.17, 15) is 9.90 Å². The highest BCUT2D eigenvalue weighted by molar-refractivity contribution is 5.89. The van der Waals surface area contributed by atoms with E-state index in [2.05, 4.69) is 11.9 Å². The van der Waals surface area contributed by atoms with E-state index in [1.807, 2.05) is 0 Å². The zero-order valence-electron chi connectivity index (χ0n) is 18.3. The molecule has 1 aliphatic rings. The zero-order chi connectivity index (χ0) is 21.7. The maximum atomic E-state index is 12.2. The van der Waals surface area contributed by atoms with Crippen LogP contribution in [0.15, 0.2) is 29.3 Å². The summed E-state index contributed by atoms with van der Waals surface area (Å²) < 4.78 is 11.0. The molecule has 6 nitrogen and oxygen atoms in total. The smallest absolute Gasteiger partial charge is 0.338 e. The molecule has 0 aliphatic carbocycles. The molecule has 0 amide bonds. The Hall–Kier alpha value is -1.92. The summed E-state index contributed by atoms with van der Waals surface area (Å²) in [7, 11) is 0. The Bertz CT molecular complexity index is 658. The van der Waals surface area contributed by atoms with Crippen LogP contribution in [0.25, 0.3) is 0 Å². The fourth-order valence-electron chi connectivity index (χ4n) is 3.49. The summed E-state index contributed by atoms with van der Waals surface area (Å²) >= 11 is 0. The molecule has 0 aromatic heterocycles.